The first-order valence-electron chi connectivity index (χ1n) is 5.62. The van der Waals surface area contributed by atoms with E-state index in [1.54, 1.807) is 0 Å². The number of rotatable bonds is 7. The summed E-state index contributed by atoms with van der Waals surface area (Å²) in [6.07, 6.45) is -3.72. The molecule has 0 aliphatic heterocycles. The number of aromatic hydroxyl groups is 1. The largest absolute Gasteiger partial charge is 0.502 e. The number of benzene rings is 1. The minimum atomic E-state index is -4.09. The van der Waals surface area contributed by atoms with E-state index < -0.39 is 18.9 Å². The highest BCUT2D eigenvalue weighted by molar-refractivity contribution is 5.52. The minimum Gasteiger partial charge on any atom is -0.502 e. The molecule has 0 radical (unpaired) electrons. The van der Waals surface area contributed by atoms with Gasteiger partial charge in [0.15, 0.2) is 11.5 Å². The fourth-order valence-corrected chi connectivity index (χ4v) is 1.50. The lowest BCUT2D eigenvalue weighted by Gasteiger charge is -2.16. The molecule has 8 heteroatoms. The highest BCUT2D eigenvalue weighted by Crippen LogP contribution is 2.37. The molecular weight excluding hydrogens is 282 g/mol. The van der Waals surface area contributed by atoms with Crippen molar-refractivity contribution in [2.75, 3.05) is 20.8 Å². The quantitative estimate of drug-likeness (QED) is 0.759. The van der Waals surface area contributed by atoms with Crippen molar-refractivity contribution in [2.24, 2.45) is 0 Å². The van der Waals surface area contributed by atoms with Crippen molar-refractivity contribution in [1.82, 2.24) is 5.32 Å². The number of hydrogen-bond donors (Lipinski definition) is 2. The molecule has 1 rings (SSSR count). The summed E-state index contributed by atoms with van der Waals surface area (Å²) in [6.45, 7) is -1.26. The summed E-state index contributed by atoms with van der Waals surface area (Å²) in [5.74, 6) is -4.12. The van der Waals surface area contributed by atoms with Crippen molar-refractivity contribution in [3.05, 3.63) is 17.7 Å². The molecule has 1 aromatic rings. The topological polar surface area (TPSA) is 50.7 Å². The molecule has 4 nitrogen and oxygen atoms in total. The van der Waals surface area contributed by atoms with Crippen LogP contribution in [0.25, 0.3) is 0 Å². The van der Waals surface area contributed by atoms with Crippen LogP contribution >= 0.6 is 0 Å². The molecule has 0 amide bonds. The molecule has 0 fully saturated rings. The van der Waals surface area contributed by atoms with E-state index in [1.807, 2.05) is 0 Å². The third-order valence-corrected chi connectivity index (χ3v) is 2.55. The lowest BCUT2D eigenvalue weighted by Crippen LogP contribution is -2.38. The van der Waals surface area contributed by atoms with E-state index in [1.165, 1.54) is 26.4 Å². The highest BCUT2D eigenvalue weighted by Gasteiger charge is 2.39. The van der Waals surface area contributed by atoms with Gasteiger partial charge in [0.1, 0.15) is 0 Å². The third kappa shape index (κ3) is 3.89. The smallest absolute Gasteiger partial charge is 0.319 e. The highest BCUT2D eigenvalue weighted by atomic mass is 19.3. The first-order chi connectivity index (χ1) is 9.31. The molecule has 114 valence electrons. The summed E-state index contributed by atoms with van der Waals surface area (Å²) < 4.78 is 59.1. The zero-order valence-electron chi connectivity index (χ0n) is 10.9. The zero-order valence-corrected chi connectivity index (χ0v) is 10.9. The SMILES string of the molecule is COc1cc(CNCC(F)(F)C(F)F)cc(OC)c1O. The third-order valence-electron chi connectivity index (χ3n) is 2.55. The molecule has 0 heterocycles. The maximum Gasteiger partial charge on any atom is 0.319 e. The summed E-state index contributed by atoms with van der Waals surface area (Å²) >= 11 is 0. The van der Waals surface area contributed by atoms with Crippen LogP contribution in [0.2, 0.25) is 0 Å². The van der Waals surface area contributed by atoms with E-state index in [-0.39, 0.29) is 23.8 Å². The molecule has 0 saturated carbocycles. The number of halogens is 4. The van der Waals surface area contributed by atoms with Crippen molar-refractivity contribution < 1.29 is 32.1 Å². The van der Waals surface area contributed by atoms with Gasteiger partial charge in [0, 0.05) is 6.54 Å². The van der Waals surface area contributed by atoms with Crippen LogP contribution < -0.4 is 14.8 Å². The van der Waals surface area contributed by atoms with Gasteiger partial charge in [-0.1, -0.05) is 0 Å². The summed E-state index contributed by atoms with van der Waals surface area (Å²) in [5, 5.41) is 11.9. The van der Waals surface area contributed by atoms with E-state index in [0.717, 1.165) is 0 Å². The molecule has 0 saturated heterocycles. The standard InChI is InChI=1S/C12H15F4NO3/c1-19-8-3-7(4-9(20-2)10(8)18)5-17-6-12(15,16)11(13)14/h3-4,11,17-18H,5-6H2,1-2H3. The Kier molecular flexibility index (Phi) is 5.43. The number of phenolic OH excluding ortho intramolecular Hbond substituents is 1. The number of nitrogens with one attached hydrogen (secondary N) is 1. The summed E-state index contributed by atoms with van der Waals surface area (Å²) in [4.78, 5) is 0. The van der Waals surface area contributed by atoms with E-state index in [9.17, 15) is 22.7 Å². The lowest BCUT2D eigenvalue weighted by atomic mass is 10.1. The Balaban J connectivity index is 2.74. The number of methoxy groups -OCH3 is 2. The van der Waals surface area contributed by atoms with Crippen LogP contribution in [-0.4, -0.2) is 38.2 Å². The van der Waals surface area contributed by atoms with Crippen molar-refractivity contribution in [2.45, 2.75) is 18.9 Å². The van der Waals surface area contributed by atoms with Crippen LogP contribution in [0.1, 0.15) is 5.56 Å². The van der Waals surface area contributed by atoms with Crippen LogP contribution in [0.5, 0.6) is 17.2 Å². The van der Waals surface area contributed by atoms with Gasteiger partial charge in [-0.15, -0.1) is 0 Å². The molecule has 0 aromatic heterocycles. The second-order valence-electron chi connectivity index (χ2n) is 4.01. The first kappa shape index (κ1) is 16.4. The van der Waals surface area contributed by atoms with Crippen LogP contribution in [0.3, 0.4) is 0 Å². The fraction of sp³-hybridized carbons (Fsp3) is 0.500. The number of phenols is 1. The second-order valence-corrected chi connectivity index (χ2v) is 4.01. The van der Waals surface area contributed by atoms with E-state index in [4.69, 9.17) is 9.47 Å². The van der Waals surface area contributed by atoms with Gasteiger partial charge in [-0.2, -0.15) is 8.78 Å². The Hall–Kier alpha value is -1.70. The zero-order chi connectivity index (χ0) is 15.3. The van der Waals surface area contributed by atoms with Crippen molar-refractivity contribution in [1.29, 1.82) is 0 Å². The molecule has 20 heavy (non-hydrogen) atoms. The van der Waals surface area contributed by atoms with Crippen LogP contribution in [0.4, 0.5) is 17.6 Å². The second kappa shape index (κ2) is 6.65. The predicted octanol–water partition coefficient (Wildman–Crippen LogP) is 2.40. The molecule has 0 atom stereocenters. The van der Waals surface area contributed by atoms with Crippen molar-refractivity contribution >= 4 is 0 Å². The van der Waals surface area contributed by atoms with Gasteiger partial charge in [-0.25, -0.2) is 8.78 Å². The lowest BCUT2D eigenvalue weighted by molar-refractivity contribution is -0.125. The van der Waals surface area contributed by atoms with Crippen LogP contribution in [0, 0.1) is 0 Å². The molecular formula is C12H15F4NO3. The van der Waals surface area contributed by atoms with Gasteiger partial charge < -0.3 is 19.9 Å². The maximum absolute atomic E-state index is 12.7. The molecule has 2 N–H and O–H groups in total. The van der Waals surface area contributed by atoms with Gasteiger partial charge in [-0.05, 0) is 17.7 Å². The van der Waals surface area contributed by atoms with Crippen LogP contribution in [0.15, 0.2) is 12.1 Å². The Morgan fingerprint density at radius 2 is 1.70 bits per heavy atom. The molecule has 0 unspecified atom stereocenters. The van der Waals surface area contributed by atoms with Gasteiger partial charge in [0.2, 0.25) is 5.75 Å². The molecule has 0 aliphatic rings. The molecule has 1 aromatic carbocycles. The van der Waals surface area contributed by atoms with Crippen molar-refractivity contribution in [3.63, 3.8) is 0 Å². The van der Waals surface area contributed by atoms with E-state index in [2.05, 4.69) is 5.32 Å². The normalized spacial score (nSPS) is 11.8. The Labute approximate surface area is 113 Å². The Morgan fingerprint density at radius 3 is 2.10 bits per heavy atom. The predicted molar refractivity (Wildman–Crippen MR) is 63.9 cm³/mol. The summed E-state index contributed by atoms with van der Waals surface area (Å²) in [6, 6.07) is 2.79. The fourth-order valence-electron chi connectivity index (χ4n) is 1.50. The monoisotopic (exact) mass is 297 g/mol. The Bertz CT molecular complexity index is 429. The summed E-state index contributed by atoms with van der Waals surface area (Å²) in [5.41, 5.74) is 0.446. The van der Waals surface area contributed by atoms with Gasteiger partial charge in [-0.3, -0.25) is 0 Å². The molecule has 0 bridgehead atoms. The van der Waals surface area contributed by atoms with Gasteiger partial charge in [0.05, 0.1) is 20.8 Å². The van der Waals surface area contributed by atoms with Gasteiger partial charge >= 0.3 is 12.3 Å². The number of hydrogen-bond acceptors (Lipinski definition) is 4. The number of alkyl halides is 4. The molecule has 0 aliphatic carbocycles. The van der Waals surface area contributed by atoms with Crippen molar-refractivity contribution in [3.8, 4) is 17.2 Å². The maximum atomic E-state index is 12.7. The molecule has 0 spiro atoms. The number of ether oxygens (including phenoxy) is 2. The average molecular weight is 297 g/mol. The summed E-state index contributed by atoms with van der Waals surface area (Å²) in [7, 11) is 2.63. The minimum absolute atomic E-state index is 0.0989. The average Bonchev–Trinajstić information content (AvgIpc) is 2.39. The van der Waals surface area contributed by atoms with E-state index >= 15 is 0 Å². The first-order valence-corrected chi connectivity index (χ1v) is 5.62. The van der Waals surface area contributed by atoms with E-state index in [0.29, 0.717) is 5.56 Å². The van der Waals surface area contributed by atoms with Gasteiger partial charge in [0.25, 0.3) is 0 Å². The Morgan fingerprint density at radius 1 is 1.20 bits per heavy atom. The van der Waals surface area contributed by atoms with Crippen LogP contribution in [-0.2, 0) is 6.54 Å².